The zero-order valence-corrected chi connectivity index (χ0v) is 11.2. The van der Waals surface area contributed by atoms with Gasteiger partial charge < -0.3 is 15.3 Å². The molecule has 6 heteroatoms. The number of hydrogen-bond donors (Lipinski definition) is 2. The maximum absolute atomic E-state index is 10.4. The van der Waals surface area contributed by atoms with Crippen LogP contribution in [-0.2, 0) is 4.79 Å². The van der Waals surface area contributed by atoms with Crippen molar-refractivity contribution in [1.82, 2.24) is 9.97 Å². The summed E-state index contributed by atoms with van der Waals surface area (Å²) in [5, 5.41) is 11.7. The first kappa shape index (κ1) is 13.6. The molecule has 0 amide bonds. The summed E-state index contributed by atoms with van der Waals surface area (Å²) in [6, 6.07) is 1.94. The second kappa shape index (κ2) is 6.36. The smallest absolute Gasteiger partial charge is 0.303 e. The number of aryl methyl sites for hydroxylation is 1. The van der Waals surface area contributed by atoms with E-state index in [1.807, 2.05) is 13.0 Å². The molecule has 1 aliphatic rings. The molecule has 2 heterocycles. The van der Waals surface area contributed by atoms with E-state index in [1.54, 1.807) is 0 Å². The monoisotopic (exact) mass is 264 g/mol. The Balaban J connectivity index is 1.94. The van der Waals surface area contributed by atoms with Crippen LogP contribution in [0.15, 0.2) is 6.07 Å². The van der Waals surface area contributed by atoms with Crippen molar-refractivity contribution in [1.29, 1.82) is 0 Å². The van der Waals surface area contributed by atoms with Gasteiger partial charge in [-0.2, -0.15) is 0 Å². The summed E-state index contributed by atoms with van der Waals surface area (Å²) in [4.78, 5) is 21.5. The highest BCUT2D eigenvalue weighted by Gasteiger charge is 2.14. The Bertz CT molecular complexity index is 444. The van der Waals surface area contributed by atoms with Crippen molar-refractivity contribution in [3.05, 3.63) is 11.9 Å². The molecular formula is C13H20N4O2. The first-order valence-corrected chi connectivity index (χ1v) is 6.71. The third-order valence-electron chi connectivity index (χ3n) is 3.13. The van der Waals surface area contributed by atoms with Crippen molar-refractivity contribution < 1.29 is 9.90 Å². The third-order valence-corrected chi connectivity index (χ3v) is 3.13. The molecule has 0 unspecified atom stereocenters. The van der Waals surface area contributed by atoms with E-state index >= 15 is 0 Å². The number of aromatic nitrogens is 2. The number of aliphatic carboxylic acids is 1. The zero-order valence-electron chi connectivity index (χ0n) is 11.2. The molecule has 0 radical (unpaired) electrons. The Morgan fingerprint density at radius 3 is 2.84 bits per heavy atom. The molecule has 0 atom stereocenters. The molecule has 104 valence electrons. The minimum Gasteiger partial charge on any atom is -0.481 e. The fraction of sp³-hybridized carbons (Fsp3) is 0.615. The van der Waals surface area contributed by atoms with Crippen molar-refractivity contribution >= 4 is 17.6 Å². The normalized spacial score (nSPS) is 14.7. The van der Waals surface area contributed by atoms with Gasteiger partial charge in [0.1, 0.15) is 17.5 Å². The highest BCUT2D eigenvalue weighted by Crippen LogP contribution is 2.20. The number of carboxylic acids is 1. The molecule has 1 aliphatic heterocycles. The van der Waals surface area contributed by atoms with Gasteiger partial charge in [-0.3, -0.25) is 4.79 Å². The van der Waals surface area contributed by atoms with Crippen molar-refractivity contribution in [3.63, 3.8) is 0 Å². The summed E-state index contributed by atoms with van der Waals surface area (Å²) in [7, 11) is 0. The highest BCUT2D eigenvalue weighted by molar-refractivity contribution is 5.66. The first-order valence-electron chi connectivity index (χ1n) is 6.71. The van der Waals surface area contributed by atoms with Crippen LogP contribution in [0.3, 0.4) is 0 Å². The van der Waals surface area contributed by atoms with E-state index in [-0.39, 0.29) is 6.42 Å². The maximum Gasteiger partial charge on any atom is 0.303 e. The van der Waals surface area contributed by atoms with Crippen molar-refractivity contribution in [3.8, 4) is 0 Å². The molecule has 0 aliphatic carbocycles. The van der Waals surface area contributed by atoms with Gasteiger partial charge in [0.05, 0.1) is 0 Å². The Morgan fingerprint density at radius 2 is 2.16 bits per heavy atom. The van der Waals surface area contributed by atoms with Crippen LogP contribution in [0.1, 0.15) is 31.5 Å². The average Bonchev–Trinajstić information content (AvgIpc) is 2.87. The number of carboxylic acid groups (broad SMARTS) is 1. The van der Waals surface area contributed by atoms with Crippen molar-refractivity contribution in [2.24, 2.45) is 0 Å². The second-order valence-electron chi connectivity index (χ2n) is 4.78. The molecule has 1 aromatic rings. The molecule has 0 spiro atoms. The summed E-state index contributed by atoms with van der Waals surface area (Å²) in [5.41, 5.74) is 0. The minimum absolute atomic E-state index is 0.177. The highest BCUT2D eigenvalue weighted by atomic mass is 16.4. The molecule has 19 heavy (non-hydrogen) atoms. The van der Waals surface area contributed by atoms with Gasteiger partial charge in [0, 0.05) is 32.1 Å². The minimum atomic E-state index is -0.765. The van der Waals surface area contributed by atoms with Crippen LogP contribution < -0.4 is 10.2 Å². The topological polar surface area (TPSA) is 78.3 Å². The zero-order chi connectivity index (χ0) is 13.7. The van der Waals surface area contributed by atoms with E-state index in [2.05, 4.69) is 20.2 Å². The van der Waals surface area contributed by atoms with Gasteiger partial charge in [-0.05, 0) is 26.2 Å². The van der Waals surface area contributed by atoms with Crippen LogP contribution >= 0.6 is 0 Å². The van der Waals surface area contributed by atoms with E-state index in [9.17, 15) is 4.79 Å². The lowest BCUT2D eigenvalue weighted by Crippen LogP contribution is -2.20. The van der Waals surface area contributed by atoms with E-state index in [0.29, 0.717) is 13.0 Å². The summed E-state index contributed by atoms with van der Waals surface area (Å²) in [6.07, 6.45) is 3.20. The summed E-state index contributed by atoms with van der Waals surface area (Å²) in [5.74, 6) is 1.72. The number of rotatable bonds is 6. The average molecular weight is 264 g/mol. The Morgan fingerprint density at radius 1 is 1.42 bits per heavy atom. The SMILES string of the molecule is Cc1nc(NCCCC(=O)O)cc(N2CCCC2)n1. The van der Waals surface area contributed by atoms with Gasteiger partial charge in [0.15, 0.2) is 0 Å². The van der Waals surface area contributed by atoms with Gasteiger partial charge in [0.2, 0.25) is 0 Å². The first-order chi connectivity index (χ1) is 9.15. The molecule has 0 bridgehead atoms. The Labute approximate surface area is 112 Å². The molecule has 1 aromatic heterocycles. The summed E-state index contributed by atoms with van der Waals surface area (Å²) in [6.45, 7) is 4.59. The van der Waals surface area contributed by atoms with Gasteiger partial charge in [-0.25, -0.2) is 9.97 Å². The van der Waals surface area contributed by atoms with Crippen molar-refractivity contribution in [2.45, 2.75) is 32.6 Å². The standard InChI is InChI=1S/C13H20N4O2/c1-10-15-11(14-6-4-5-13(18)19)9-12(16-10)17-7-2-3-8-17/h9H,2-8H2,1H3,(H,18,19)(H,14,15,16). The van der Waals surface area contributed by atoms with Gasteiger partial charge in [-0.15, -0.1) is 0 Å². The predicted molar refractivity (Wildman–Crippen MR) is 73.6 cm³/mol. The van der Waals surface area contributed by atoms with Crippen molar-refractivity contribution in [2.75, 3.05) is 29.9 Å². The maximum atomic E-state index is 10.4. The predicted octanol–water partition coefficient (Wildman–Crippen LogP) is 1.66. The molecular weight excluding hydrogens is 244 g/mol. The largest absolute Gasteiger partial charge is 0.481 e. The molecule has 0 saturated carbocycles. The van der Waals surface area contributed by atoms with Crippen LogP contribution in [0, 0.1) is 6.92 Å². The van der Waals surface area contributed by atoms with Gasteiger partial charge in [0.25, 0.3) is 0 Å². The van der Waals surface area contributed by atoms with E-state index in [0.717, 1.165) is 30.5 Å². The third kappa shape index (κ3) is 4.08. The van der Waals surface area contributed by atoms with E-state index < -0.39 is 5.97 Å². The summed E-state index contributed by atoms with van der Waals surface area (Å²) < 4.78 is 0. The lowest BCUT2D eigenvalue weighted by atomic mass is 10.3. The number of nitrogens with one attached hydrogen (secondary N) is 1. The van der Waals surface area contributed by atoms with Crippen LogP contribution in [-0.4, -0.2) is 40.7 Å². The molecule has 0 aromatic carbocycles. The number of carbonyl (C=O) groups is 1. The molecule has 1 fully saturated rings. The van der Waals surface area contributed by atoms with E-state index in [1.165, 1.54) is 12.8 Å². The van der Waals surface area contributed by atoms with Crippen LogP contribution in [0.5, 0.6) is 0 Å². The second-order valence-corrected chi connectivity index (χ2v) is 4.78. The van der Waals surface area contributed by atoms with Gasteiger partial charge in [-0.1, -0.05) is 0 Å². The lowest BCUT2D eigenvalue weighted by molar-refractivity contribution is -0.137. The van der Waals surface area contributed by atoms with Crippen LogP contribution in [0.4, 0.5) is 11.6 Å². The number of hydrogen-bond acceptors (Lipinski definition) is 5. The summed E-state index contributed by atoms with van der Waals surface area (Å²) >= 11 is 0. The lowest BCUT2D eigenvalue weighted by Gasteiger charge is -2.17. The van der Waals surface area contributed by atoms with E-state index in [4.69, 9.17) is 5.11 Å². The quantitative estimate of drug-likeness (QED) is 0.761. The molecule has 1 saturated heterocycles. The number of anilines is 2. The molecule has 6 nitrogen and oxygen atoms in total. The van der Waals surface area contributed by atoms with Crippen LogP contribution in [0.2, 0.25) is 0 Å². The Hall–Kier alpha value is -1.85. The Kier molecular flexibility index (Phi) is 4.54. The fourth-order valence-electron chi connectivity index (χ4n) is 2.21. The fourth-order valence-corrected chi connectivity index (χ4v) is 2.21. The van der Waals surface area contributed by atoms with Crippen LogP contribution in [0.25, 0.3) is 0 Å². The number of nitrogens with zero attached hydrogens (tertiary/aromatic N) is 3. The molecule has 2 N–H and O–H groups in total. The molecule has 2 rings (SSSR count). The van der Waals surface area contributed by atoms with Gasteiger partial charge >= 0.3 is 5.97 Å².